The number of pyridine rings is 1. The lowest BCUT2D eigenvalue weighted by atomic mass is 10.1. The fraction of sp³-hybridized carbons (Fsp3) is 0.211. The number of aliphatic hydroxyl groups is 1. The number of nitrogens with zero attached hydrogens (tertiary/aromatic N) is 1. The minimum Gasteiger partial charge on any atom is -0.460 e. The molecule has 23 heavy (non-hydrogen) atoms. The van der Waals surface area contributed by atoms with Crippen LogP contribution in [0.3, 0.4) is 0 Å². The number of benzene rings is 1. The molecule has 0 bridgehead atoms. The molecule has 4 nitrogen and oxygen atoms in total. The molecule has 2 heterocycles. The van der Waals surface area contributed by atoms with E-state index in [1.807, 2.05) is 54.6 Å². The number of hydrogen-bond acceptors (Lipinski definition) is 4. The average molecular weight is 308 g/mol. The lowest BCUT2D eigenvalue weighted by molar-refractivity contribution is 0.199. The fourth-order valence-corrected chi connectivity index (χ4v) is 2.37. The Hall–Kier alpha value is -2.43. The molecule has 118 valence electrons. The third kappa shape index (κ3) is 4.06. The van der Waals surface area contributed by atoms with Gasteiger partial charge in [-0.25, -0.2) is 0 Å². The molecule has 0 aliphatic carbocycles. The van der Waals surface area contributed by atoms with Crippen LogP contribution < -0.4 is 5.32 Å². The highest BCUT2D eigenvalue weighted by Crippen LogP contribution is 2.24. The lowest BCUT2D eigenvalue weighted by Gasteiger charge is -2.05. The summed E-state index contributed by atoms with van der Waals surface area (Å²) < 4.78 is 5.86. The van der Waals surface area contributed by atoms with Crippen molar-refractivity contribution in [1.29, 1.82) is 0 Å². The van der Waals surface area contributed by atoms with E-state index < -0.39 is 6.10 Å². The molecule has 2 aromatic heterocycles. The maximum atomic E-state index is 9.54. The lowest BCUT2D eigenvalue weighted by Crippen LogP contribution is -2.12. The van der Waals surface area contributed by atoms with Gasteiger partial charge in [0.2, 0.25) is 0 Å². The van der Waals surface area contributed by atoms with E-state index in [0.29, 0.717) is 13.1 Å². The van der Waals surface area contributed by atoms with Crippen molar-refractivity contribution in [2.24, 2.45) is 0 Å². The van der Waals surface area contributed by atoms with Crippen LogP contribution in [0.1, 0.15) is 30.0 Å². The average Bonchev–Trinajstić information content (AvgIpc) is 3.05. The highest BCUT2D eigenvalue weighted by Gasteiger charge is 2.06. The van der Waals surface area contributed by atoms with Crippen molar-refractivity contribution in [3.05, 3.63) is 77.8 Å². The molecule has 2 N–H and O–H groups in total. The first-order valence-electron chi connectivity index (χ1n) is 7.70. The third-order valence-corrected chi connectivity index (χ3v) is 3.67. The minimum absolute atomic E-state index is 0.452. The summed E-state index contributed by atoms with van der Waals surface area (Å²) in [5.41, 5.74) is 2.91. The summed E-state index contributed by atoms with van der Waals surface area (Å²) in [4.78, 5) is 4.27. The Morgan fingerprint density at radius 2 is 1.87 bits per heavy atom. The normalized spacial score (nSPS) is 12.3. The van der Waals surface area contributed by atoms with Crippen LogP contribution in [0.5, 0.6) is 0 Å². The largest absolute Gasteiger partial charge is 0.460 e. The molecule has 0 radical (unpaired) electrons. The third-order valence-electron chi connectivity index (χ3n) is 3.67. The Morgan fingerprint density at radius 3 is 2.57 bits per heavy atom. The van der Waals surface area contributed by atoms with Crippen LogP contribution in [-0.2, 0) is 13.1 Å². The number of aromatic nitrogens is 1. The zero-order valence-corrected chi connectivity index (χ0v) is 13.1. The van der Waals surface area contributed by atoms with Crippen LogP contribution in [0.25, 0.3) is 11.3 Å². The zero-order valence-electron chi connectivity index (χ0n) is 13.1. The summed E-state index contributed by atoms with van der Waals surface area (Å²) in [6.45, 7) is 3.12. The van der Waals surface area contributed by atoms with Gasteiger partial charge in [0.15, 0.2) is 0 Å². The number of hydrogen-bond donors (Lipinski definition) is 2. The molecule has 0 aliphatic rings. The number of nitrogens with one attached hydrogen (secondary N) is 1. The molecule has 0 saturated heterocycles. The van der Waals surface area contributed by atoms with Gasteiger partial charge in [0.05, 0.1) is 18.3 Å². The summed E-state index contributed by atoms with van der Waals surface area (Å²) in [5.74, 6) is 1.72. The van der Waals surface area contributed by atoms with Gasteiger partial charge in [0, 0.05) is 18.3 Å². The molecular formula is C19H20N2O2. The molecule has 4 heteroatoms. The van der Waals surface area contributed by atoms with E-state index in [-0.39, 0.29) is 0 Å². The first-order chi connectivity index (χ1) is 11.2. The van der Waals surface area contributed by atoms with Crippen molar-refractivity contribution in [1.82, 2.24) is 10.3 Å². The second-order valence-electron chi connectivity index (χ2n) is 5.49. The standard InChI is InChI=1S/C19H20N2O2/c1-14(22)15-5-7-16(8-6-15)19-10-9-18(23-19)13-20-12-17-4-2-3-11-21-17/h2-11,14,20,22H,12-13H2,1H3/t14-/m1/s1. The summed E-state index contributed by atoms with van der Waals surface area (Å²) in [7, 11) is 0. The fourth-order valence-electron chi connectivity index (χ4n) is 2.37. The van der Waals surface area contributed by atoms with Gasteiger partial charge in [-0.05, 0) is 36.8 Å². The monoisotopic (exact) mass is 308 g/mol. The van der Waals surface area contributed by atoms with E-state index in [9.17, 15) is 5.11 Å². The van der Waals surface area contributed by atoms with Crippen LogP contribution in [0.4, 0.5) is 0 Å². The van der Waals surface area contributed by atoms with Crippen LogP contribution >= 0.6 is 0 Å². The predicted molar refractivity (Wildman–Crippen MR) is 89.6 cm³/mol. The molecule has 3 aromatic rings. The van der Waals surface area contributed by atoms with E-state index in [1.165, 1.54) is 0 Å². The van der Waals surface area contributed by atoms with Gasteiger partial charge in [-0.2, -0.15) is 0 Å². The second kappa shape index (κ2) is 7.22. The molecule has 3 rings (SSSR count). The van der Waals surface area contributed by atoms with Gasteiger partial charge in [-0.3, -0.25) is 4.98 Å². The van der Waals surface area contributed by atoms with Gasteiger partial charge in [-0.1, -0.05) is 30.3 Å². The van der Waals surface area contributed by atoms with E-state index in [2.05, 4.69) is 10.3 Å². The van der Waals surface area contributed by atoms with Gasteiger partial charge in [-0.15, -0.1) is 0 Å². The van der Waals surface area contributed by atoms with Gasteiger partial charge in [0.1, 0.15) is 11.5 Å². The minimum atomic E-state index is -0.452. The molecule has 0 fully saturated rings. The first-order valence-corrected chi connectivity index (χ1v) is 7.70. The van der Waals surface area contributed by atoms with Crippen molar-refractivity contribution in [2.45, 2.75) is 26.1 Å². The molecule has 0 spiro atoms. The quantitative estimate of drug-likeness (QED) is 0.729. The molecule has 0 unspecified atom stereocenters. The Balaban J connectivity index is 1.59. The Bertz CT molecular complexity index is 734. The van der Waals surface area contributed by atoms with Gasteiger partial charge >= 0.3 is 0 Å². The SMILES string of the molecule is C[C@@H](O)c1ccc(-c2ccc(CNCc3ccccn3)o2)cc1. The van der Waals surface area contributed by atoms with Crippen molar-refractivity contribution in [2.75, 3.05) is 0 Å². The van der Waals surface area contributed by atoms with Crippen LogP contribution in [0.2, 0.25) is 0 Å². The summed E-state index contributed by atoms with van der Waals surface area (Å²) >= 11 is 0. The van der Waals surface area contributed by atoms with E-state index in [4.69, 9.17) is 4.42 Å². The van der Waals surface area contributed by atoms with Crippen LogP contribution in [0.15, 0.2) is 65.2 Å². The number of rotatable bonds is 6. The zero-order chi connectivity index (χ0) is 16.1. The van der Waals surface area contributed by atoms with Crippen molar-refractivity contribution in [3.8, 4) is 11.3 Å². The maximum absolute atomic E-state index is 9.54. The highest BCUT2D eigenvalue weighted by molar-refractivity contribution is 5.58. The van der Waals surface area contributed by atoms with Crippen molar-refractivity contribution >= 4 is 0 Å². The first kappa shape index (κ1) is 15.5. The maximum Gasteiger partial charge on any atom is 0.134 e. The topological polar surface area (TPSA) is 58.3 Å². The summed E-state index contributed by atoms with van der Waals surface area (Å²) in [6.07, 6.45) is 1.34. The highest BCUT2D eigenvalue weighted by atomic mass is 16.3. The van der Waals surface area contributed by atoms with Crippen LogP contribution in [0, 0.1) is 0 Å². The van der Waals surface area contributed by atoms with E-state index in [1.54, 1.807) is 13.1 Å². The molecule has 0 saturated carbocycles. The summed E-state index contributed by atoms with van der Waals surface area (Å²) in [5, 5.41) is 12.9. The molecule has 0 aliphatic heterocycles. The number of aliphatic hydroxyl groups excluding tert-OH is 1. The smallest absolute Gasteiger partial charge is 0.134 e. The predicted octanol–water partition coefficient (Wildman–Crippen LogP) is 3.68. The second-order valence-corrected chi connectivity index (χ2v) is 5.49. The molecular weight excluding hydrogens is 288 g/mol. The molecule has 1 atom stereocenters. The van der Waals surface area contributed by atoms with E-state index in [0.717, 1.165) is 28.3 Å². The van der Waals surface area contributed by atoms with Crippen molar-refractivity contribution < 1.29 is 9.52 Å². The van der Waals surface area contributed by atoms with Crippen LogP contribution in [-0.4, -0.2) is 10.1 Å². The Morgan fingerprint density at radius 1 is 1.04 bits per heavy atom. The van der Waals surface area contributed by atoms with Crippen molar-refractivity contribution in [3.63, 3.8) is 0 Å². The van der Waals surface area contributed by atoms with E-state index >= 15 is 0 Å². The molecule has 0 amide bonds. The molecule has 1 aromatic carbocycles. The summed E-state index contributed by atoms with van der Waals surface area (Å²) in [6, 6.07) is 17.6. The van der Waals surface area contributed by atoms with Gasteiger partial charge in [0.25, 0.3) is 0 Å². The number of furan rings is 1. The Labute approximate surface area is 135 Å². The van der Waals surface area contributed by atoms with Gasteiger partial charge < -0.3 is 14.8 Å². The Kier molecular flexibility index (Phi) is 4.86.